The van der Waals surface area contributed by atoms with Crippen LogP contribution in [0.25, 0.3) is 0 Å². The van der Waals surface area contributed by atoms with Gasteiger partial charge in [0.1, 0.15) is 11.3 Å². The number of rotatable bonds is 4. The second kappa shape index (κ2) is 5.44. The zero-order valence-corrected chi connectivity index (χ0v) is 11.4. The fraction of sp³-hybridized carbons (Fsp3) is 0.250. The maximum atomic E-state index is 11.4. The van der Waals surface area contributed by atoms with Crippen molar-refractivity contribution in [3.63, 3.8) is 0 Å². The number of aromatic nitrogens is 1. The number of ether oxygens (including phenoxy) is 1. The van der Waals surface area contributed by atoms with Crippen LogP contribution >= 0.6 is 0 Å². The molecule has 0 saturated heterocycles. The van der Waals surface area contributed by atoms with Crippen LogP contribution in [0.4, 0.5) is 0 Å². The number of aryl methyl sites for hydroxylation is 2. The Morgan fingerprint density at radius 2 is 2.19 bits per heavy atom. The molecule has 1 N–H and O–H groups in total. The lowest BCUT2D eigenvalue weighted by Gasteiger charge is -2.08. The molecule has 5 heteroatoms. The lowest BCUT2D eigenvalue weighted by Crippen LogP contribution is -2.17. The summed E-state index contributed by atoms with van der Waals surface area (Å²) in [6.45, 7) is 1.36. The van der Waals surface area contributed by atoms with Crippen molar-refractivity contribution in [2.24, 2.45) is 0 Å². The number of pyridine rings is 1. The first kappa shape index (κ1) is 13.4. The third kappa shape index (κ3) is 2.81. The SMILES string of the molecule is O=C(O)c1cn(CCc2ccc3c(c2)CCO3)ccc1=O. The monoisotopic (exact) mass is 285 g/mol. The summed E-state index contributed by atoms with van der Waals surface area (Å²) in [5.41, 5.74) is 1.74. The van der Waals surface area contributed by atoms with E-state index >= 15 is 0 Å². The van der Waals surface area contributed by atoms with E-state index in [1.807, 2.05) is 12.1 Å². The minimum Gasteiger partial charge on any atom is -0.493 e. The Morgan fingerprint density at radius 1 is 1.33 bits per heavy atom. The molecule has 5 nitrogen and oxygen atoms in total. The molecule has 0 saturated carbocycles. The van der Waals surface area contributed by atoms with Gasteiger partial charge in [-0.3, -0.25) is 4.79 Å². The summed E-state index contributed by atoms with van der Waals surface area (Å²) in [6.07, 6.45) is 4.71. The summed E-state index contributed by atoms with van der Waals surface area (Å²) in [7, 11) is 0. The maximum Gasteiger partial charge on any atom is 0.341 e. The van der Waals surface area contributed by atoms with Gasteiger partial charge in [0.25, 0.3) is 0 Å². The molecule has 1 aromatic heterocycles. The molecule has 1 aliphatic rings. The van der Waals surface area contributed by atoms with Crippen LogP contribution in [0.2, 0.25) is 0 Å². The molecule has 0 atom stereocenters. The number of aromatic carboxylic acids is 1. The molecular formula is C16H15NO4. The highest BCUT2D eigenvalue weighted by Crippen LogP contribution is 2.26. The second-order valence-electron chi connectivity index (χ2n) is 5.06. The molecule has 0 radical (unpaired) electrons. The Morgan fingerprint density at radius 3 is 3.00 bits per heavy atom. The maximum absolute atomic E-state index is 11.4. The van der Waals surface area contributed by atoms with Gasteiger partial charge < -0.3 is 14.4 Å². The van der Waals surface area contributed by atoms with Crippen LogP contribution in [-0.4, -0.2) is 22.2 Å². The van der Waals surface area contributed by atoms with Crippen molar-refractivity contribution in [1.82, 2.24) is 4.57 Å². The quantitative estimate of drug-likeness (QED) is 0.928. The van der Waals surface area contributed by atoms with E-state index in [1.54, 1.807) is 10.8 Å². The molecule has 0 aliphatic carbocycles. The molecule has 2 heterocycles. The zero-order chi connectivity index (χ0) is 14.8. The molecule has 0 fully saturated rings. The molecule has 0 bridgehead atoms. The second-order valence-corrected chi connectivity index (χ2v) is 5.06. The van der Waals surface area contributed by atoms with E-state index in [-0.39, 0.29) is 5.56 Å². The van der Waals surface area contributed by atoms with Crippen LogP contribution in [0.1, 0.15) is 21.5 Å². The van der Waals surface area contributed by atoms with Gasteiger partial charge in [0.05, 0.1) is 6.61 Å². The highest BCUT2D eigenvalue weighted by atomic mass is 16.5. The van der Waals surface area contributed by atoms with E-state index in [0.29, 0.717) is 6.54 Å². The number of carboxylic acid groups (broad SMARTS) is 1. The molecule has 0 spiro atoms. The van der Waals surface area contributed by atoms with E-state index < -0.39 is 11.4 Å². The highest BCUT2D eigenvalue weighted by Gasteiger charge is 2.12. The van der Waals surface area contributed by atoms with Gasteiger partial charge in [0.15, 0.2) is 5.43 Å². The van der Waals surface area contributed by atoms with Crippen molar-refractivity contribution < 1.29 is 14.6 Å². The van der Waals surface area contributed by atoms with Gasteiger partial charge in [-0.1, -0.05) is 12.1 Å². The number of carbonyl (C=O) groups is 1. The summed E-state index contributed by atoms with van der Waals surface area (Å²) < 4.78 is 7.20. The molecule has 0 unspecified atom stereocenters. The Bertz CT molecular complexity index is 748. The first-order valence-electron chi connectivity index (χ1n) is 6.81. The van der Waals surface area contributed by atoms with Crippen LogP contribution in [0, 0.1) is 0 Å². The van der Waals surface area contributed by atoms with Gasteiger partial charge >= 0.3 is 5.97 Å². The molecule has 3 rings (SSSR count). The fourth-order valence-electron chi connectivity index (χ4n) is 2.48. The lowest BCUT2D eigenvalue weighted by molar-refractivity contribution is 0.0694. The Kier molecular flexibility index (Phi) is 3.48. The number of carboxylic acids is 1. The van der Waals surface area contributed by atoms with E-state index in [4.69, 9.17) is 9.84 Å². The minimum absolute atomic E-state index is 0.195. The van der Waals surface area contributed by atoms with Gasteiger partial charge in [0.2, 0.25) is 0 Å². The average molecular weight is 285 g/mol. The topological polar surface area (TPSA) is 68.5 Å². The lowest BCUT2D eigenvalue weighted by atomic mass is 10.1. The number of fused-ring (bicyclic) bond motifs is 1. The smallest absolute Gasteiger partial charge is 0.341 e. The molecule has 1 aromatic carbocycles. The number of hydrogen-bond acceptors (Lipinski definition) is 3. The van der Waals surface area contributed by atoms with Crippen LogP contribution in [0.15, 0.2) is 41.5 Å². The predicted molar refractivity (Wildman–Crippen MR) is 77.0 cm³/mol. The normalized spacial score (nSPS) is 12.8. The van der Waals surface area contributed by atoms with E-state index in [1.165, 1.54) is 23.4 Å². The highest BCUT2D eigenvalue weighted by molar-refractivity contribution is 5.86. The Hall–Kier alpha value is -2.56. The summed E-state index contributed by atoms with van der Waals surface area (Å²) in [5, 5.41) is 8.95. The third-order valence-electron chi connectivity index (χ3n) is 3.62. The van der Waals surface area contributed by atoms with Gasteiger partial charge in [-0.05, 0) is 23.6 Å². The molecular weight excluding hydrogens is 270 g/mol. The third-order valence-corrected chi connectivity index (χ3v) is 3.62. The molecule has 0 amide bonds. The molecule has 2 aromatic rings. The summed E-state index contributed by atoms with van der Waals surface area (Å²) in [4.78, 5) is 22.4. The van der Waals surface area contributed by atoms with Crippen molar-refractivity contribution in [2.45, 2.75) is 19.4 Å². The number of benzene rings is 1. The first-order chi connectivity index (χ1) is 10.1. The van der Waals surface area contributed by atoms with E-state index in [9.17, 15) is 9.59 Å². The van der Waals surface area contributed by atoms with E-state index in [0.717, 1.165) is 25.2 Å². The number of hydrogen-bond donors (Lipinski definition) is 1. The first-order valence-corrected chi connectivity index (χ1v) is 6.81. The van der Waals surface area contributed by atoms with Crippen molar-refractivity contribution in [1.29, 1.82) is 0 Å². The molecule has 21 heavy (non-hydrogen) atoms. The van der Waals surface area contributed by atoms with Crippen LogP contribution in [0.3, 0.4) is 0 Å². The van der Waals surface area contributed by atoms with Crippen molar-refractivity contribution in [2.75, 3.05) is 6.61 Å². The van der Waals surface area contributed by atoms with Crippen molar-refractivity contribution in [3.05, 3.63) is 63.6 Å². The fourth-order valence-corrected chi connectivity index (χ4v) is 2.48. The van der Waals surface area contributed by atoms with Crippen molar-refractivity contribution in [3.8, 4) is 5.75 Å². The molecule has 108 valence electrons. The average Bonchev–Trinajstić information content (AvgIpc) is 2.93. The summed E-state index contributed by atoms with van der Waals surface area (Å²) in [6, 6.07) is 7.42. The number of nitrogens with zero attached hydrogens (tertiary/aromatic N) is 1. The standard InChI is InChI=1S/C16H15NO4/c18-14-4-7-17(10-13(14)16(19)20)6-3-11-1-2-15-12(9-11)5-8-21-15/h1-2,4,7,9-10H,3,5-6,8H2,(H,19,20). The van der Waals surface area contributed by atoms with Gasteiger partial charge in [-0.2, -0.15) is 0 Å². The summed E-state index contributed by atoms with van der Waals surface area (Å²) >= 11 is 0. The van der Waals surface area contributed by atoms with Crippen molar-refractivity contribution >= 4 is 5.97 Å². The Balaban J connectivity index is 1.74. The van der Waals surface area contributed by atoms with Crippen LogP contribution < -0.4 is 10.2 Å². The van der Waals surface area contributed by atoms with Gasteiger partial charge in [-0.25, -0.2) is 4.79 Å². The Labute approximate surface area is 121 Å². The van der Waals surface area contributed by atoms with Gasteiger partial charge in [0, 0.05) is 31.4 Å². The summed E-state index contributed by atoms with van der Waals surface area (Å²) in [5.74, 6) is -0.237. The predicted octanol–water partition coefficient (Wildman–Crippen LogP) is 1.72. The van der Waals surface area contributed by atoms with E-state index in [2.05, 4.69) is 6.07 Å². The molecule has 1 aliphatic heterocycles. The van der Waals surface area contributed by atoms with Crippen LogP contribution in [0.5, 0.6) is 5.75 Å². The van der Waals surface area contributed by atoms with Gasteiger partial charge in [-0.15, -0.1) is 0 Å². The largest absolute Gasteiger partial charge is 0.493 e. The minimum atomic E-state index is -1.19. The van der Waals surface area contributed by atoms with Crippen LogP contribution in [-0.2, 0) is 19.4 Å². The zero-order valence-electron chi connectivity index (χ0n) is 11.4.